The molecule has 282 valence electrons. The Morgan fingerprint density at radius 1 is 0.679 bits per heavy atom. The molecule has 11 heteroatoms. The van der Waals surface area contributed by atoms with Crippen molar-refractivity contribution >= 4 is 12.1 Å². The number of amides is 1. The number of carbonyl (C=O) groups is 2. The van der Waals surface area contributed by atoms with Gasteiger partial charge in [0.05, 0.1) is 33.0 Å². The van der Waals surface area contributed by atoms with E-state index in [1.165, 1.54) is 0 Å². The van der Waals surface area contributed by atoms with E-state index in [1.807, 2.05) is 121 Å². The molecule has 1 aliphatic rings. The SMILES string of the molecule is CC(C)(C)OC(=O)N[C@@H](CO[C@H]1O[C@H](COCc2ccccc2)[C@@H](OCc2ccccc2)[C@H](OCc2ccccc2)[C@H]1O)C(=O)OCc1ccccc1. The highest BCUT2D eigenvalue weighted by Gasteiger charge is 2.48. The van der Waals surface area contributed by atoms with Crippen molar-refractivity contribution in [3.8, 4) is 0 Å². The highest BCUT2D eigenvalue weighted by Crippen LogP contribution is 2.29. The van der Waals surface area contributed by atoms with Crippen molar-refractivity contribution in [3.05, 3.63) is 144 Å². The van der Waals surface area contributed by atoms with Crippen molar-refractivity contribution in [1.29, 1.82) is 0 Å². The number of rotatable bonds is 17. The molecule has 4 aromatic rings. The number of benzene rings is 4. The summed E-state index contributed by atoms with van der Waals surface area (Å²) < 4.78 is 42.4. The van der Waals surface area contributed by atoms with Crippen molar-refractivity contribution < 1.29 is 47.9 Å². The van der Waals surface area contributed by atoms with Gasteiger partial charge >= 0.3 is 12.1 Å². The summed E-state index contributed by atoms with van der Waals surface area (Å²) in [5, 5.41) is 14.4. The zero-order chi connectivity index (χ0) is 37.5. The molecule has 0 aromatic heterocycles. The molecule has 0 bridgehead atoms. The van der Waals surface area contributed by atoms with E-state index >= 15 is 0 Å². The van der Waals surface area contributed by atoms with E-state index < -0.39 is 61.0 Å². The van der Waals surface area contributed by atoms with Crippen molar-refractivity contribution in [2.24, 2.45) is 0 Å². The van der Waals surface area contributed by atoms with E-state index in [-0.39, 0.29) is 26.4 Å². The summed E-state index contributed by atoms with van der Waals surface area (Å²) in [6.45, 7) is 5.49. The average molecular weight is 728 g/mol. The fraction of sp³-hybridized carbons (Fsp3) is 0.381. The number of aliphatic hydroxyl groups is 1. The van der Waals surface area contributed by atoms with E-state index in [2.05, 4.69) is 5.32 Å². The molecule has 0 aliphatic carbocycles. The Bertz CT molecular complexity index is 1650. The monoisotopic (exact) mass is 727 g/mol. The largest absolute Gasteiger partial charge is 0.459 e. The third kappa shape index (κ3) is 13.1. The molecule has 0 unspecified atom stereocenters. The lowest BCUT2D eigenvalue weighted by Crippen LogP contribution is -2.61. The van der Waals surface area contributed by atoms with Crippen molar-refractivity contribution in [3.63, 3.8) is 0 Å². The van der Waals surface area contributed by atoms with Gasteiger partial charge in [0, 0.05) is 0 Å². The first kappa shape index (κ1) is 39.6. The van der Waals surface area contributed by atoms with E-state index in [9.17, 15) is 14.7 Å². The molecule has 4 aromatic carbocycles. The number of ether oxygens (including phenoxy) is 7. The maximum atomic E-state index is 13.4. The molecule has 0 saturated carbocycles. The van der Waals surface area contributed by atoms with Gasteiger partial charge in [-0.05, 0) is 43.0 Å². The van der Waals surface area contributed by atoms with Gasteiger partial charge in [-0.25, -0.2) is 9.59 Å². The van der Waals surface area contributed by atoms with Crippen LogP contribution in [0.4, 0.5) is 4.79 Å². The van der Waals surface area contributed by atoms with E-state index in [1.54, 1.807) is 20.8 Å². The molecule has 6 atom stereocenters. The van der Waals surface area contributed by atoms with E-state index in [0.717, 1.165) is 22.3 Å². The molecule has 1 saturated heterocycles. The second-order valence-electron chi connectivity index (χ2n) is 13.7. The van der Waals surface area contributed by atoms with Crippen LogP contribution < -0.4 is 5.32 Å². The van der Waals surface area contributed by atoms with Gasteiger partial charge in [-0.15, -0.1) is 0 Å². The molecule has 53 heavy (non-hydrogen) atoms. The lowest BCUT2D eigenvalue weighted by molar-refractivity contribution is -0.319. The molecule has 2 N–H and O–H groups in total. The lowest BCUT2D eigenvalue weighted by Gasteiger charge is -2.44. The Morgan fingerprint density at radius 2 is 1.15 bits per heavy atom. The number of alkyl carbamates (subject to hydrolysis) is 1. The third-order valence-electron chi connectivity index (χ3n) is 8.21. The molecule has 1 fully saturated rings. The van der Waals surface area contributed by atoms with Gasteiger partial charge in [0.2, 0.25) is 0 Å². The summed E-state index contributed by atoms with van der Waals surface area (Å²) in [4.78, 5) is 26.2. The number of hydrogen-bond acceptors (Lipinski definition) is 10. The zero-order valence-electron chi connectivity index (χ0n) is 30.4. The molecule has 1 aliphatic heterocycles. The Morgan fingerprint density at radius 3 is 1.66 bits per heavy atom. The molecular weight excluding hydrogens is 678 g/mol. The minimum absolute atomic E-state index is 0.0224. The van der Waals surface area contributed by atoms with Crippen LogP contribution in [0, 0.1) is 0 Å². The Kier molecular flexibility index (Phi) is 14.9. The van der Waals surface area contributed by atoms with Crippen LogP contribution in [-0.2, 0) is 64.4 Å². The highest BCUT2D eigenvalue weighted by atomic mass is 16.7. The fourth-order valence-electron chi connectivity index (χ4n) is 5.60. The number of aliphatic hydroxyl groups excluding tert-OH is 1. The number of carbonyl (C=O) groups excluding carboxylic acids is 2. The number of nitrogens with one attached hydrogen (secondary N) is 1. The average Bonchev–Trinajstić information content (AvgIpc) is 3.16. The molecule has 1 heterocycles. The van der Waals surface area contributed by atoms with Crippen LogP contribution >= 0.6 is 0 Å². The second kappa shape index (κ2) is 20.0. The lowest BCUT2D eigenvalue weighted by atomic mass is 9.98. The highest BCUT2D eigenvalue weighted by molar-refractivity contribution is 5.81. The molecule has 0 spiro atoms. The van der Waals surface area contributed by atoms with Crippen LogP contribution in [0.1, 0.15) is 43.0 Å². The van der Waals surface area contributed by atoms with Crippen LogP contribution in [-0.4, -0.2) is 72.7 Å². The van der Waals surface area contributed by atoms with Gasteiger partial charge in [0.25, 0.3) is 0 Å². The quantitative estimate of drug-likeness (QED) is 0.123. The van der Waals surface area contributed by atoms with Gasteiger partial charge < -0.3 is 43.6 Å². The Labute approximate surface area is 311 Å². The summed E-state index contributed by atoms with van der Waals surface area (Å²) in [6.07, 6.45) is -5.99. The zero-order valence-corrected chi connectivity index (χ0v) is 30.4. The first-order valence-corrected chi connectivity index (χ1v) is 17.7. The van der Waals surface area contributed by atoms with Crippen LogP contribution in [0.5, 0.6) is 0 Å². The standard InChI is InChI=1S/C42H49NO10/c1-42(2,3)53-41(46)43-34(39(45)50-27-33-22-14-7-15-23-33)28-51-40-36(44)38(49-26-32-20-12-6-13-21-32)37(48-25-31-18-10-5-11-19-31)35(52-40)29-47-24-30-16-8-4-9-17-30/h4-23,34-38,40,44H,24-29H2,1-3H3,(H,43,46)/t34-,35+,36+,37+,38+,40-/m0/s1. The maximum Gasteiger partial charge on any atom is 0.408 e. The predicted octanol–water partition coefficient (Wildman–Crippen LogP) is 6.11. The van der Waals surface area contributed by atoms with Crippen LogP contribution in [0.2, 0.25) is 0 Å². The van der Waals surface area contributed by atoms with E-state index in [4.69, 9.17) is 33.2 Å². The summed E-state index contributed by atoms with van der Waals surface area (Å²) in [6, 6.07) is 36.8. The molecular formula is C42H49NO10. The minimum Gasteiger partial charge on any atom is -0.459 e. The normalized spacial score (nSPS) is 20.6. The predicted molar refractivity (Wildman–Crippen MR) is 196 cm³/mol. The Balaban J connectivity index is 1.35. The summed E-state index contributed by atoms with van der Waals surface area (Å²) in [7, 11) is 0. The number of esters is 1. The van der Waals surface area contributed by atoms with Gasteiger partial charge in [0.1, 0.15) is 36.6 Å². The van der Waals surface area contributed by atoms with Crippen LogP contribution in [0.15, 0.2) is 121 Å². The minimum atomic E-state index is -1.37. The first-order valence-electron chi connectivity index (χ1n) is 17.7. The van der Waals surface area contributed by atoms with Crippen LogP contribution in [0.3, 0.4) is 0 Å². The molecule has 1 amide bonds. The Hall–Kier alpha value is -4.62. The summed E-state index contributed by atoms with van der Waals surface area (Å²) in [5.74, 6) is -0.756. The topological polar surface area (TPSA) is 131 Å². The molecule has 5 rings (SSSR count). The van der Waals surface area contributed by atoms with Crippen LogP contribution in [0.25, 0.3) is 0 Å². The molecule has 0 radical (unpaired) electrons. The van der Waals surface area contributed by atoms with Gasteiger partial charge in [0.15, 0.2) is 12.3 Å². The van der Waals surface area contributed by atoms with Crippen molar-refractivity contribution in [2.75, 3.05) is 13.2 Å². The fourth-order valence-corrected chi connectivity index (χ4v) is 5.60. The molecule has 11 nitrogen and oxygen atoms in total. The smallest absolute Gasteiger partial charge is 0.408 e. The number of hydrogen-bond donors (Lipinski definition) is 2. The summed E-state index contributed by atoms with van der Waals surface area (Å²) in [5.41, 5.74) is 2.74. The third-order valence-corrected chi connectivity index (χ3v) is 8.21. The van der Waals surface area contributed by atoms with Gasteiger partial charge in [-0.1, -0.05) is 121 Å². The van der Waals surface area contributed by atoms with Crippen molar-refractivity contribution in [2.45, 2.75) is 89.5 Å². The van der Waals surface area contributed by atoms with Crippen molar-refractivity contribution in [1.82, 2.24) is 5.32 Å². The first-order chi connectivity index (χ1) is 25.6. The van der Waals surface area contributed by atoms with E-state index in [0.29, 0.717) is 6.61 Å². The van der Waals surface area contributed by atoms with Gasteiger partial charge in [-0.2, -0.15) is 0 Å². The van der Waals surface area contributed by atoms with Gasteiger partial charge in [-0.3, -0.25) is 0 Å². The maximum absolute atomic E-state index is 13.4. The second-order valence-corrected chi connectivity index (χ2v) is 13.7. The summed E-state index contributed by atoms with van der Waals surface area (Å²) >= 11 is 0.